The first-order valence-electron chi connectivity index (χ1n) is 5.98. The van der Waals surface area contributed by atoms with E-state index in [-0.39, 0.29) is 12.1 Å². The Morgan fingerprint density at radius 1 is 1.53 bits per heavy atom. The number of aromatic nitrogens is 1. The molecule has 94 valence electrons. The molecular formula is C12H18BrN3O. The van der Waals surface area contributed by atoms with E-state index in [1.54, 1.807) is 0 Å². The maximum absolute atomic E-state index is 5.75. The Labute approximate surface area is 110 Å². The minimum Gasteiger partial charge on any atom is -0.377 e. The lowest BCUT2D eigenvalue weighted by Gasteiger charge is -2.29. The van der Waals surface area contributed by atoms with Crippen molar-refractivity contribution in [3.05, 3.63) is 28.5 Å². The van der Waals surface area contributed by atoms with Gasteiger partial charge in [0.05, 0.1) is 12.1 Å². The number of pyridine rings is 1. The van der Waals surface area contributed by atoms with Crippen molar-refractivity contribution < 1.29 is 4.74 Å². The van der Waals surface area contributed by atoms with E-state index >= 15 is 0 Å². The second kappa shape index (κ2) is 6.44. The first kappa shape index (κ1) is 13.0. The van der Waals surface area contributed by atoms with E-state index in [0.717, 1.165) is 36.0 Å². The van der Waals surface area contributed by atoms with Crippen molar-refractivity contribution >= 4 is 15.9 Å². The number of hydrazine groups is 1. The van der Waals surface area contributed by atoms with Gasteiger partial charge in [-0.3, -0.25) is 16.3 Å². The van der Waals surface area contributed by atoms with Crippen molar-refractivity contribution in [2.75, 3.05) is 6.61 Å². The molecule has 17 heavy (non-hydrogen) atoms. The molecule has 0 spiro atoms. The summed E-state index contributed by atoms with van der Waals surface area (Å²) >= 11 is 3.38. The molecular weight excluding hydrogens is 282 g/mol. The predicted octanol–water partition coefficient (Wildman–Crippen LogP) is 1.79. The number of nitrogens with zero attached hydrogens (tertiary/aromatic N) is 1. The van der Waals surface area contributed by atoms with Gasteiger partial charge in [0.2, 0.25) is 0 Å². The van der Waals surface area contributed by atoms with Crippen molar-refractivity contribution in [3.63, 3.8) is 0 Å². The van der Waals surface area contributed by atoms with Crippen LogP contribution in [0.15, 0.2) is 22.8 Å². The second-order valence-corrected chi connectivity index (χ2v) is 5.27. The van der Waals surface area contributed by atoms with Crippen LogP contribution in [0.5, 0.6) is 0 Å². The SMILES string of the molecule is NNC(Cc1ccc(Br)cn1)C1CCCCO1. The fraction of sp³-hybridized carbons (Fsp3) is 0.583. The highest BCUT2D eigenvalue weighted by Crippen LogP contribution is 2.18. The molecule has 0 saturated carbocycles. The number of hydrogen-bond acceptors (Lipinski definition) is 4. The lowest BCUT2D eigenvalue weighted by atomic mass is 9.98. The van der Waals surface area contributed by atoms with Gasteiger partial charge in [-0.15, -0.1) is 0 Å². The zero-order chi connectivity index (χ0) is 12.1. The van der Waals surface area contributed by atoms with E-state index in [2.05, 4.69) is 26.3 Å². The van der Waals surface area contributed by atoms with Gasteiger partial charge < -0.3 is 4.74 Å². The van der Waals surface area contributed by atoms with Gasteiger partial charge in [-0.25, -0.2) is 0 Å². The molecule has 1 aliphatic heterocycles. The van der Waals surface area contributed by atoms with Crippen LogP contribution in [0.4, 0.5) is 0 Å². The Hall–Kier alpha value is -0.490. The van der Waals surface area contributed by atoms with Crippen LogP contribution in [0, 0.1) is 0 Å². The third-order valence-corrected chi connectivity index (χ3v) is 3.56. The van der Waals surface area contributed by atoms with Crippen LogP contribution in [-0.4, -0.2) is 23.7 Å². The Morgan fingerprint density at radius 3 is 3.00 bits per heavy atom. The van der Waals surface area contributed by atoms with Gasteiger partial charge in [0.25, 0.3) is 0 Å². The molecule has 4 nitrogen and oxygen atoms in total. The minimum atomic E-state index is 0.143. The maximum Gasteiger partial charge on any atom is 0.0745 e. The van der Waals surface area contributed by atoms with Crippen LogP contribution in [0.1, 0.15) is 25.0 Å². The van der Waals surface area contributed by atoms with E-state index in [0.29, 0.717) is 0 Å². The van der Waals surface area contributed by atoms with Crippen molar-refractivity contribution in [1.29, 1.82) is 0 Å². The van der Waals surface area contributed by atoms with E-state index < -0.39 is 0 Å². The molecule has 0 aliphatic carbocycles. The molecule has 5 heteroatoms. The predicted molar refractivity (Wildman–Crippen MR) is 70.3 cm³/mol. The second-order valence-electron chi connectivity index (χ2n) is 4.35. The number of nitrogens with two attached hydrogens (primary N) is 1. The lowest BCUT2D eigenvalue weighted by Crippen LogP contribution is -2.47. The summed E-state index contributed by atoms with van der Waals surface area (Å²) in [4.78, 5) is 4.36. The average Bonchev–Trinajstić information content (AvgIpc) is 2.39. The molecule has 1 aromatic heterocycles. The molecule has 2 unspecified atom stereocenters. The molecule has 0 radical (unpaired) electrons. The normalized spacial score (nSPS) is 22.4. The quantitative estimate of drug-likeness (QED) is 0.657. The summed E-state index contributed by atoms with van der Waals surface area (Å²) in [6.07, 6.45) is 6.27. The van der Waals surface area contributed by atoms with Crippen molar-refractivity contribution in [3.8, 4) is 0 Å². The third kappa shape index (κ3) is 3.74. The molecule has 0 bridgehead atoms. The number of hydrogen-bond donors (Lipinski definition) is 2. The summed E-state index contributed by atoms with van der Waals surface area (Å²) in [5.41, 5.74) is 3.89. The minimum absolute atomic E-state index is 0.143. The van der Waals surface area contributed by atoms with Crippen LogP contribution in [0.2, 0.25) is 0 Å². The lowest BCUT2D eigenvalue weighted by molar-refractivity contribution is -0.00762. The first-order valence-corrected chi connectivity index (χ1v) is 6.77. The summed E-state index contributed by atoms with van der Waals surface area (Å²) in [6, 6.07) is 4.15. The highest BCUT2D eigenvalue weighted by atomic mass is 79.9. The smallest absolute Gasteiger partial charge is 0.0745 e. The number of rotatable bonds is 4. The summed E-state index contributed by atoms with van der Waals surface area (Å²) in [5.74, 6) is 5.61. The van der Waals surface area contributed by atoms with E-state index in [9.17, 15) is 0 Å². The zero-order valence-corrected chi connectivity index (χ0v) is 11.3. The fourth-order valence-corrected chi connectivity index (χ4v) is 2.37. The number of halogens is 1. The van der Waals surface area contributed by atoms with E-state index in [1.807, 2.05) is 18.3 Å². The first-order chi connectivity index (χ1) is 8.29. The van der Waals surface area contributed by atoms with Gasteiger partial charge in [-0.05, 0) is 47.3 Å². The summed E-state index contributed by atoms with van der Waals surface area (Å²) in [7, 11) is 0. The van der Waals surface area contributed by atoms with Crippen LogP contribution in [-0.2, 0) is 11.2 Å². The highest BCUT2D eigenvalue weighted by molar-refractivity contribution is 9.10. The van der Waals surface area contributed by atoms with Gasteiger partial charge in [-0.2, -0.15) is 0 Å². The van der Waals surface area contributed by atoms with Crippen molar-refractivity contribution in [2.45, 2.75) is 37.8 Å². The Morgan fingerprint density at radius 2 is 2.41 bits per heavy atom. The molecule has 1 saturated heterocycles. The van der Waals surface area contributed by atoms with Gasteiger partial charge in [0.1, 0.15) is 0 Å². The Balaban J connectivity index is 1.96. The average molecular weight is 300 g/mol. The number of nitrogens with one attached hydrogen (secondary N) is 1. The van der Waals surface area contributed by atoms with E-state index in [1.165, 1.54) is 6.42 Å². The molecule has 0 aromatic carbocycles. The molecule has 3 N–H and O–H groups in total. The van der Waals surface area contributed by atoms with Crippen LogP contribution in [0.25, 0.3) is 0 Å². The molecule has 1 fully saturated rings. The van der Waals surface area contributed by atoms with Gasteiger partial charge >= 0.3 is 0 Å². The highest BCUT2D eigenvalue weighted by Gasteiger charge is 2.24. The van der Waals surface area contributed by atoms with Crippen LogP contribution in [0.3, 0.4) is 0 Å². The Kier molecular flexibility index (Phi) is 4.91. The molecule has 0 amide bonds. The Bertz CT molecular complexity index is 338. The van der Waals surface area contributed by atoms with E-state index in [4.69, 9.17) is 10.6 Å². The van der Waals surface area contributed by atoms with Crippen LogP contribution < -0.4 is 11.3 Å². The standard InChI is InChI=1S/C12H18BrN3O/c13-9-4-5-10(15-8-9)7-11(16-14)12-3-1-2-6-17-12/h4-5,8,11-12,16H,1-3,6-7,14H2. The van der Waals surface area contributed by atoms with Gasteiger partial charge in [-0.1, -0.05) is 0 Å². The molecule has 2 rings (SSSR count). The van der Waals surface area contributed by atoms with Gasteiger partial charge in [0, 0.05) is 29.4 Å². The summed E-state index contributed by atoms with van der Waals surface area (Å²) in [6.45, 7) is 0.844. The molecule has 2 heterocycles. The topological polar surface area (TPSA) is 60.2 Å². The maximum atomic E-state index is 5.75. The number of ether oxygens (including phenoxy) is 1. The van der Waals surface area contributed by atoms with Crippen LogP contribution >= 0.6 is 15.9 Å². The van der Waals surface area contributed by atoms with Gasteiger partial charge in [0.15, 0.2) is 0 Å². The monoisotopic (exact) mass is 299 g/mol. The van der Waals surface area contributed by atoms with Crippen molar-refractivity contribution in [1.82, 2.24) is 10.4 Å². The largest absolute Gasteiger partial charge is 0.377 e. The molecule has 2 atom stereocenters. The summed E-state index contributed by atoms with van der Waals surface area (Å²) in [5, 5.41) is 0. The molecule has 1 aromatic rings. The zero-order valence-electron chi connectivity index (χ0n) is 9.73. The third-order valence-electron chi connectivity index (χ3n) is 3.10. The fourth-order valence-electron chi connectivity index (χ4n) is 2.13. The molecule has 1 aliphatic rings. The van der Waals surface area contributed by atoms with Crippen molar-refractivity contribution in [2.24, 2.45) is 5.84 Å². The summed E-state index contributed by atoms with van der Waals surface area (Å²) < 4.78 is 6.74.